The van der Waals surface area contributed by atoms with E-state index >= 15 is 0 Å². The summed E-state index contributed by atoms with van der Waals surface area (Å²) in [6.07, 6.45) is 5.20. The van der Waals surface area contributed by atoms with Crippen molar-refractivity contribution in [2.24, 2.45) is 5.92 Å². The number of amides is 3. The predicted octanol–water partition coefficient (Wildman–Crippen LogP) is 3.91. The van der Waals surface area contributed by atoms with Gasteiger partial charge in [-0.2, -0.15) is 0 Å². The summed E-state index contributed by atoms with van der Waals surface area (Å²) < 4.78 is 0. The Labute approximate surface area is 165 Å². The monoisotopic (exact) mass is 378 g/mol. The number of hydrogen-bond acceptors (Lipinski definition) is 3. The number of carbonyl (C=O) groups is 3. The Bertz CT molecular complexity index is 878. The van der Waals surface area contributed by atoms with Gasteiger partial charge in [-0.3, -0.25) is 19.3 Å². The van der Waals surface area contributed by atoms with Crippen molar-refractivity contribution >= 4 is 28.5 Å². The molecule has 0 radical (unpaired) electrons. The molecule has 5 heteroatoms. The molecule has 0 aromatic heterocycles. The van der Waals surface area contributed by atoms with Crippen LogP contribution in [0.25, 0.3) is 10.8 Å². The topological polar surface area (TPSA) is 66.5 Å². The first kappa shape index (κ1) is 18.7. The molecule has 0 spiro atoms. The molecule has 28 heavy (non-hydrogen) atoms. The van der Waals surface area contributed by atoms with Gasteiger partial charge in [0.2, 0.25) is 5.91 Å². The van der Waals surface area contributed by atoms with E-state index < -0.39 is 0 Å². The van der Waals surface area contributed by atoms with Crippen molar-refractivity contribution in [3.63, 3.8) is 0 Å². The molecule has 2 aromatic carbocycles. The molecule has 1 aliphatic heterocycles. The third-order valence-electron chi connectivity index (χ3n) is 6.02. The first-order chi connectivity index (χ1) is 13.5. The number of rotatable bonds is 5. The summed E-state index contributed by atoms with van der Waals surface area (Å²) in [5.74, 6) is 0.225. The van der Waals surface area contributed by atoms with Crippen LogP contribution in [0.2, 0.25) is 0 Å². The third-order valence-corrected chi connectivity index (χ3v) is 6.02. The van der Waals surface area contributed by atoms with Crippen LogP contribution in [-0.4, -0.2) is 35.2 Å². The summed E-state index contributed by atoms with van der Waals surface area (Å²) in [4.78, 5) is 39.2. The fraction of sp³-hybridized carbons (Fsp3) is 0.435. The van der Waals surface area contributed by atoms with Crippen molar-refractivity contribution in [3.8, 4) is 0 Å². The quantitative estimate of drug-likeness (QED) is 0.802. The summed E-state index contributed by atoms with van der Waals surface area (Å²) in [5, 5.41) is 4.74. The Balaban J connectivity index is 1.37. The van der Waals surface area contributed by atoms with Crippen molar-refractivity contribution in [2.75, 3.05) is 6.54 Å². The molecule has 1 heterocycles. The molecular formula is C23H26N2O3. The van der Waals surface area contributed by atoms with Gasteiger partial charge < -0.3 is 5.32 Å². The molecule has 1 aliphatic carbocycles. The van der Waals surface area contributed by atoms with Gasteiger partial charge in [0.1, 0.15) is 0 Å². The van der Waals surface area contributed by atoms with Crippen LogP contribution in [0, 0.1) is 5.92 Å². The SMILES string of the molecule is CC1CCC(NC(=O)CCCN2C(=O)c3cccc4cccc(c34)C2=O)CC1. The molecule has 1 saturated carbocycles. The van der Waals surface area contributed by atoms with Crippen LogP contribution in [0.4, 0.5) is 0 Å². The minimum atomic E-state index is -0.268. The molecule has 0 atom stereocenters. The van der Waals surface area contributed by atoms with Crippen LogP contribution < -0.4 is 5.32 Å². The zero-order valence-corrected chi connectivity index (χ0v) is 16.2. The van der Waals surface area contributed by atoms with Gasteiger partial charge in [0.05, 0.1) is 0 Å². The van der Waals surface area contributed by atoms with E-state index in [1.807, 2.05) is 24.3 Å². The van der Waals surface area contributed by atoms with E-state index in [0.29, 0.717) is 24.0 Å². The van der Waals surface area contributed by atoms with Gasteiger partial charge in [0, 0.05) is 35.5 Å². The molecule has 0 bridgehead atoms. The highest BCUT2D eigenvalue weighted by atomic mass is 16.2. The molecule has 5 nitrogen and oxygen atoms in total. The predicted molar refractivity (Wildman–Crippen MR) is 108 cm³/mol. The lowest BCUT2D eigenvalue weighted by molar-refractivity contribution is -0.122. The van der Waals surface area contributed by atoms with E-state index in [2.05, 4.69) is 12.2 Å². The van der Waals surface area contributed by atoms with Crippen LogP contribution in [0.1, 0.15) is 66.2 Å². The second-order valence-electron chi connectivity index (χ2n) is 8.10. The van der Waals surface area contributed by atoms with Gasteiger partial charge in [-0.25, -0.2) is 0 Å². The fourth-order valence-corrected chi connectivity index (χ4v) is 4.39. The Kier molecular flexibility index (Phi) is 5.16. The van der Waals surface area contributed by atoms with Gasteiger partial charge in [0.25, 0.3) is 11.8 Å². The number of benzene rings is 2. The molecular weight excluding hydrogens is 352 g/mol. The van der Waals surface area contributed by atoms with Crippen molar-refractivity contribution in [3.05, 3.63) is 47.5 Å². The highest BCUT2D eigenvalue weighted by Crippen LogP contribution is 2.30. The highest BCUT2D eigenvalue weighted by molar-refractivity contribution is 6.25. The van der Waals surface area contributed by atoms with E-state index in [1.54, 1.807) is 12.1 Å². The Morgan fingerprint density at radius 2 is 1.61 bits per heavy atom. The average Bonchev–Trinajstić information content (AvgIpc) is 2.70. The molecule has 0 saturated heterocycles. The van der Waals surface area contributed by atoms with E-state index in [4.69, 9.17) is 0 Å². The molecule has 1 N–H and O–H groups in total. The lowest BCUT2D eigenvalue weighted by atomic mass is 9.87. The number of nitrogens with one attached hydrogen (secondary N) is 1. The minimum Gasteiger partial charge on any atom is -0.353 e. The number of imide groups is 1. The second-order valence-corrected chi connectivity index (χ2v) is 8.10. The highest BCUT2D eigenvalue weighted by Gasteiger charge is 2.32. The van der Waals surface area contributed by atoms with Gasteiger partial charge in [-0.05, 0) is 55.5 Å². The van der Waals surface area contributed by atoms with Gasteiger partial charge in [0.15, 0.2) is 0 Å². The van der Waals surface area contributed by atoms with Crippen LogP contribution >= 0.6 is 0 Å². The summed E-state index contributed by atoms with van der Waals surface area (Å²) in [5.41, 5.74) is 1.13. The normalized spacial score (nSPS) is 21.8. The van der Waals surface area contributed by atoms with E-state index in [1.165, 1.54) is 4.90 Å². The smallest absolute Gasteiger partial charge is 0.261 e. The minimum absolute atomic E-state index is 0.0129. The fourth-order valence-electron chi connectivity index (χ4n) is 4.39. The summed E-state index contributed by atoms with van der Waals surface area (Å²) in [6, 6.07) is 11.3. The molecule has 146 valence electrons. The number of hydrogen-bond donors (Lipinski definition) is 1. The van der Waals surface area contributed by atoms with Crippen LogP contribution in [0.5, 0.6) is 0 Å². The zero-order chi connectivity index (χ0) is 19.7. The molecule has 2 aliphatic rings. The van der Waals surface area contributed by atoms with Crippen molar-refractivity contribution in [2.45, 2.75) is 51.5 Å². The maximum absolute atomic E-state index is 12.8. The van der Waals surface area contributed by atoms with Crippen molar-refractivity contribution in [1.82, 2.24) is 10.2 Å². The maximum atomic E-state index is 12.8. The summed E-state index contributed by atoms with van der Waals surface area (Å²) >= 11 is 0. The van der Waals surface area contributed by atoms with Gasteiger partial charge >= 0.3 is 0 Å². The van der Waals surface area contributed by atoms with Crippen molar-refractivity contribution in [1.29, 1.82) is 0 Å². The Hall–Kier alpha value is -2.69. The number of nitrogens with zero attached hydrogens (tertiary/aromatic N) is 1. The maximum Gasteiger partial charge on any atom is 0.261 e. The Morgan fingerprint density at radius 3 is 2.21 bits per heavy atom. The summed E-state index contributed by atoms with van der Waals surface area (Å²) in [7, 11) is 0. The largest absolute Gasteiger partial charge is 0.353 e. The first-order valence-corrected chi connectivity index (χ1v) is 10.2. The van der Waals surface area contributed by atoms with Gasteiger partial charge in [-0.1, -0.05) is 31.2 Å². The van der Waals surface area contributed by atoms with E-state index in [9.17, 15) is 14.4 Å². The lowest BCUT2D eigenvalue weighted by Crippen LogP contribution is -2.41. The second kappa shape index (κ2) is 7.74. The number of carbonyl (C=O) groups excluding carboxylic acids is 3. The van der Waals surface area contributed by atoms with E-state index in [0.717, 1.165) is 42.4 Å². The standard InChI is InChI=1S/C23H26N2O3/c1-15-10-12-17(13-11-15)24-20(26)9-4-14-25-22(27)18-7-2-5-16-6-3-8-19(21(16)18)23(25)28/h2-3,5-8,15,17H,4,9-14H2,1H3,(H,24,26). The van der Waals surface area contributed by atoms with Crippen LogP contribution in [0.15, 0.2) is 36.4 Å². The third kappa shape index (κ3) is 3.53. The molecule has 4 rings (SSSR count). The molecule has 1 fully saturated rings. The zero-order valence-electron chi connectivity index (χ0n) is 16.2. The lowest BCUT2D eigenvalue weighted by Gasteiger charge is -2.28. The van der Waals surface area contributed by atoms with Crippen LogP contribution in [0.3, 0.4) is 0 Å². The average molecular weight is 378 g/mol. The van der Waals surface area contributed by atoms with Crippen LogP contribution in [-0.2, 0) is 4.79 Å². The van der Waals surface area contributed by atoms with Crippen molar-refractivity contribution < 1.29 is 14.4 Å². The summed E-state index contributed by atoms with van der Waals surface area (Å²) in [6.45, 7) is 2.51. The Morgan fingerprint density at radius 1 is 1.00 bits per heavy atom. The molecule has 3 amide bonds. The molecule has 2 aromatic rings. The van der Waals surface area contributed by atoms with E-state index in [-0.39, 0.29) is 30.3 Å². The first-order valence-electron chi connectivity index (χ1n) is 10.2. The molecule has 0 unspecified atom stereocenters. The van der Waals surface area contributed by atoms with Gasteiger partial charge in [-0.15, -0.1) is 0 Å².